The van der Waals surface area contributed by atoms with Crippen molar-refractivity contribution in [2.24, 2.45) is 0 Å². The monoisotopic (exact) mass is 333 g/mol. The summed E-state index contributed by atoms with van der Waals surface area (Å²) in [6, 6.07) is 7.19. The lowest BCUT2D eigenvalue weighted by molar-refractivity contribution is -0.148. The quantitative estimate of drug-likeness (QED) is 0.781. The number of methoxy groups -OCH3 is 1. The molecule has 1 unspecified atom stereocenters. The lowest BCUT2D eigenvalue weighted by Gasteiger charge is -2.41. The Morgan fingerprint density at radius 1 is 1.17 bits per heavy atom. The van der Waals surface area contributed by atoms with Crippen LogP contribution in [-0.4, -0.2) is 74.6 Å². The highest BCUT2D eigenvalue weighted by Crippen LogP contribution is 2.19. The number of amides is 1. The minimum absolute atomic E-state index is 0.126. The lowest BCUT2D eigenvalue weighted by Crippen LogP contribution is -2.59. The van der Waals surface area contributed by atoms with Crippen molar-refractivity contribution in [2.45, 2.75) is 25.9 Å². The average molecular weight is 333 g/mol. The van der Waals surface area contributed by atoms with Crippen molar-refractivity contribution >= 4 is 17.6 Å². The topological polar surface area (TPSA) is 53.1 Å². The van der Waals surface area contributed by atoms with Crippen LogP contribution >= 0.6 is 0 Å². The van der Waals surface area contributed by atoms with Gasteiger partial charge in [0.15, 0.2) is 0 Å². The van der Waals surface area contributed by atoms with E-state index >= 15 is 0 Å². The first-order valence-electron chi connectivity index (χ1n) is 8.25. The molecular formula is C18H27N3O3. The van der Waals surface area contributed by atoms with Crippen molar-refractivity contribution in [1.82, 2.24) is 9.80 Å². The maximum absolute atomic E-state index is 12.9. The lowest BCUT2D eigenvalue weighted by atomic mass is 10.1. The third-order valence-corrected chi connectivity index (χ3v) is 4.51. The molecule has 132 valence electrons. The Bertz CT molecular complexity index is 584. The number of esters is 1. The third-order valence-electron chi connectivity index (χ3n) is 4.51. The number of carbonyl (C=O) groups excluding carboxylic acids is 2. The second kappa shape index (κ2) is 7.66. The molecule has 1 aromatic carbocycles. The van der Waals surface area contributed by atoms with Gasteiger partial charge in [0.25, 0.3) is 5.91 Å². The fourth-order valence-electron chi connectivity index (χ4n) is 2.92. The van der Waals surface area contributed by atoms with Crippen molar-refractivity contribution < 1.29 is 14.3 Å². The van der Waals surface area contributed by atoms with Gasteiger partial charge in [-0.25, -0.2) is 4.79 Å². The van der Waals surface area contributed by atoms with Crippen molar-refractivity contribution in [2.75, 3.05) is 45.7 Å². The minimum Gasteiger partial charge on any atom is -0.467 e. The van der Waals surface area contributed by atoms with Crippen LogP contribution in [0.3, 0.4) is 0 Å². The predicted octanol–water partition coefficient (Wildman–Crippen LogP) is 1.46. The summed E-state index contributed by atoms with van der Waals surface area (Å²) in [4.78, 5) is 30.9. The second-order valence-electron chi connectivity index (χ2n) is 6.57. The Labute approximate surface area is 144 Å². The molecule has 0 radical (unpaired) electrons. The fraction of sp³-hybridized carbons (Fsp3) is 0.556. The molecule has 6 nitrogen and oxygen atoms in total. The molecule has 0 spiro atoms. The van der Waals surface area contributed by atoms with Gasteiger partial charge in [0, 0.05) is 51.0 Å². The maximum atomic E-state index is 12.9. The van der Waals surface area contributed by atoms with Crippen LogP contribution in [-0.2, 0) is 9.53 Å². The Kier molecular flexibility index (Phi) is 5.83. The first-order valence-corrected chi connectivity index (χ1v) is 8.25. The van der Waals surface area contributed by atoms with Gasteiger partial charge >= 0.3 is 5.97 Å². The SMILES string of the molecule is COC(=O)C1CN(C(C)C)CCN1C(=O)c1ccc(N(C)C)cc1. The fourth-order valence-corrected chi connectivity index (χ4v) is 2.92. The Morgan fingerprint density at radius 2 is 1.79 bits per heavy atom. The molecular weight excluding hydrogens is 306 g/mol. The molecule has 1 heterocycles. The molecule has 24 heavy (non-hydrogen) atoms. The van der Waals surface area contributed by atoms with Gasteiger partial charge in [-0.15, -0.1) is 0 Å². The zero-order chi connectivity index (χ0) is 17.9. The van der Waals surface area contributed by atoms with Crippen LogP contribution in [0.5, 0.6) is 0 Å². The van der Waals surface area contributed by atoms with E-state index in [0.29, 0.717) is 24.7 Å². The van der Waals surface area contributed by atoms with Gasteiger partial charge in [-0.3, -0.25) is 9.69 Å². The molecule has 0 saturated carbocycles. The van der Waals surface area contributed by atoms with Crippen LogP contribution in [0, 0.1) is 0 Å². The molecule has 1 aromatic rings. The highest BCUT2D eigenvalue weighted by Gasteiger charge is 2.37. The first-order chi connectivity index (χ1) is 11.3. The number of nitrogens with zero attached hydrogens (tertiary/aromatic N) is 3. The molecule has 0 aliphatic carbocycles. The van der Waals surface area contributed by atoms with E-state index in [1.165, 1.54) is 7.11 Å². The number of anilines is 1. The molecule has 0 N–H and O–H groups in total. The van der Waals surface area contributed by atoms with Crippen LogP contribution in [0.2, 0.25) is 0 Å². The minimum atomic E-state index is -0.563. The molecule has 1 fully saturated rings. The number of hydrogen-bond acceptors (Lipinski definition) is 5. The summed E-state index contributed by atoms with van der Waals surface area (Å²) in [6.45, 7) is 5.96. The molecule has 1 aliphatic heterocycles. The standard InChI is InChI=1S/C18H27N3O3/c1-13(2)20-10-11-21(16(12-20)18(23)24-5)17(22)14-6-8-15(9-7-14)19(3)4/h6-9,13,16H,10-12H2,1-5H3. The van der Waals surface area contributed by atoms with Gasteiger partial charge in [0.2, 0.25) is 0 Å². The second-order valence-corrected chi connectivity index (χ2v) is 6.57. The number of benzene rings is 1. The third kappa shape index (κ3) is 3.87. The number of rotatable bonds is 4. The van der Waals surface area contributed by atoms with Gasteiger partial charge in [-0.05, 0) is 38.1 Å². The molecule has 2 rings (SSSR count). The smallest absolute Gasteiger partial charge is 0.329 e. The molecule has 6 heteroatoms. The molecule has 1 amide bonds. The van der Waals surface area contributed by atoms with Gasteiger partial charge < -0.3 is 14.5 Å². The average Bonchev–Trinajstić information content (AvgIpc) is 2.59. The molecule has 0 aromatic heterocycles. The van der Waals surface area contributed by atoms with Gasteiger partial charge in [0.1, 0.15) is 6.04 Å². The number of hydrogen-bond donors (Lipinski definition) is 0. The number of carbonyl (C=O) groups is 2. The Morgan fingerprint density at radius 3 is 2.29 bits per heavy atom. The maximum Gasteiger partial charge on any atom is 0.329 e. The summed E-state index contributed by atoms with van der Waals surface area (Å²) in [5.41, 5.74) is 1.62. The summed E-state index contributed by atoms with van der Waals surface area (Å²) < 4.78 is 4.92. The van der Waals surface area contributed by atoms with Crippen molar-refractivity contribution in [3.63, 3.8) is 0 Å². The number of ether oxygens (including phenoxy) is 1. The van der Waals surface area contributed by atoms with E-state index in [1.807, 2.05) is 31.1 Å². The highest BCUT2D eigenvalue weighted by molar-refractivity contribution is 5.97. The van der Waals surface area contributed by atoms with E-state index < -0.39 is 6.04 Å². The first kappa shape index (κ1) is 18.3. The molecule has 1 atom stereocenters. The van der Waals surface area contributed by atoms with Gasteiger partial charge in [0.05, 0.1) is 7.11 Å². The van der Waals surface area contributed by atoms with E-state index in [9.17, 15) is 9.59 Å². The Balaban J connectivity index is 2.20. The van der Waals surface area contributed by atoms with E-state index in [-0.39, 0.29) is 11.9 Å². The molecule has 0 bridgehead atoms. The zero-order valence-electron chi connectivity index (χ0n) is 15.2. The Hall–Kier alpha value is -2.08. The van der Waals surface area contributed by atoms with Crippen LogP contribution in [0.15, 0.2) is 24.3 Å². The summed E-state index contributed by atoms with van der Waals surface area (Å²) in [7, 11) is 5.27. The van der Waals surface area contributed by atoms with Gasteiger partial charge in [-0.1, -0.05) is 0 Å². The molecule has 1 aliphatic rings. The van der Waals surface area contributed by atoms with E-state index in [0.717, 1.165) is 12.2 Å². The van der Waals surface area contributed by atoms with Crippen LogP contribution in [0.1, 0.15) is 24.2 Å². The molecule has 1 saturated heterocycles. The van der Waals surface area contributed by atoms with Gasteiger partial charge in [-0.2, -0.15) is 0 Å². The predicted molar refractivity (Wildman–Crippen MR) is 94.3 cm³/mol. The van der Waals surface area contributed by atoms with Crippen molar-refractivity contribution in [3.05, 3.63) is 29.8 Å². The largest absolute Gasteiger partial charge is 0.467 e. The summed E-state index contributed by atoms with van der Waals surface area (Å²) in [5.74, 6) is -0.488. The summed E-state index contributed by atoms with van der Waals surface area (Å²) in [6.07, 6.45) is 0. The summed E-state index contributed by atoms with van der Waals surface area (Å²) >= 11 is 0. The highest BCUT2D eigenvalue weighted by atomic mass is 16.5. The van der Waals surface area contributed by atoms with Crippen molar-refractivity contribution in [3.8, 4) is 0 Å². The van der Waals surface area contributed by atoms with Crippen LogP contribution in [0.4, 0.5) is 5.69 Å². The van der Waals surface area contributed by atoms with E-state index in [1.54, 1.807) is 17.0 Å². The zero-order valence-corrected chi connectivity index (χ0v) is 15.2. The van der Waals surface area contributed by atoms with Crippen LogP contribution in [0.25, 0.3) is 0 Å². The number of piperazine rings is 1. The van der Waals surface area contributed by atoms with Crippen molar-refractivity contribution in [1.29, 1.82) is 0 Å². The van der Waals surface area contributed by atoms with E-state index in [2.05, 4.69) is 18.7 Å². The van der Waals surface area contributed by atoms with Crippen LogP contribution < -0.4 is 4.90 Å². The van der Waals surface area contributed by atoms with E-state index in [4.69, 9.17) is 4.74 Å². The normalized spacial score (nSPS) is 18.6. The summed E-state index contributed by atoms with van der Waals surface area (Å²) in [5, 5.41) is 0.